The van der Waals surface area contributed by atoms with Gasteiger partial charge in [0.2, 0.25) is 0 Å². The predicted octanol–water partition coefficient (Wildman–Crippen LogP) is 8.67. The molecular weight excluding hydrogens is 447 g/mol. The van der Waals surface area contributed by atoms with Crippen LogP contribution in [-0.4, -0.2) is 6.11 Å². The SMILES string of the molecule is CC1CCC(c2ccc(-c3ccc(CCC(F)(F)Oc4ccc(F)c(F)c4)cc3)c(F)c2)CC1. The van der Waals surface area contributed by atoms with E-state index in [0.29, 0.717) is 28.7 Å². The molecule has 3 aromatic rings. The molecule has 6 heteroatoms. The second-order valence-electron chi connectivity index (χ2n) is 9.21. The first kappa shape index (κ1) is 24.2. The number of benzene rings is 3. The van der Waals surface area contributed by atoms with E-state index in [1.54, 1.807) is 36.4 Å². The fourth-order valence-corrected chi connectivity index (χ4v) is 4.52. The number of ether oxygens (including phenoxy) is 1. The average Bonchev–Trinajstić information content (AvgIpc) is 2.81. The van der Waals surface area contributed by atoms with Crippen LogP contribution in [0.4, 0.5) is 22.0 Å². The van der Waals surface area contributed by atoms with Gasteiger partial charge in [0.1, 0.15) is 11.6 Å². The molecule has 0 bridgehead atoms. The standard InChI is InChI=1S/C28H27F5O/c1-18-2-6-20(7-3-18)22-10-12-24(26(30)16-22)21-8-4-19(5-9-21)14-15-28(32,33)34-23-11-13-25(29)27(31)17-23/h4-5,8-13,16-18,20H,2-3,6-7,14-15H2,1H3. The van der Waals surface area contributed by atoms with E-state index in [9.17, 15) is 22.0 Å². The second kappa shape index (κ2) is 10.2. The number of alkyl halides is 2. The van der Waals surface area contributed by atoms with Crippen molar-refractivity contribution in [1.82, 2.24) is 0 Å². The first-order chi connectivity index (χ1) is 16.2. The van der Waals surface area contributed by atoms with E-state index >= 15 is 0 Å². The van der Waals surface area contributed by atoms with Crippen LogP contribution in [0.15, 0.2) is 60.7 Å². The van der Waals surface area contributed by atoms with Crippen molar-refractivity contribution in [1.29, 1.82) is 0 Å². The molecule has 1 nitrogen and oxygen atoms in total. The van der Waals surface area contributed by atoms with Crippen molar-refractivity contribution in [2.75, 3.05) is 0 Å². The summed E-state index contributed by atoms with van der Waals surface area (Å²) in [6.45, 7) is 2.25. The van der Waals surface area contributed by atoms with Gasteiger partial charge in [-0.1, -0.05) is 56.2 Å². The fraction of sp³-hybridized carbons (Fsp3) is 0.357. The van der Waals surface area contributed by atoms with Crippen LogP contribution in [0.5, 0.6) is 5.75 Å². The van der Waals surface area contributed by atoms with Gasteiger partial charge in [-0.05, 0) is 66.0 Å². The molecule has 1 aliphatic rings. The predicted molar refractivity (Wildman–Crippen MR) is 122 cm³/mol. The van der Waals surface area contributed by atoms with Gasteiger partial charge in [0.25, 0.3) is 0 Å². The van der Waals surface area contributed by atoms with Gasteiger partial charge in [-0.3, -0.25) is 0 Å². The molecule has 4 rings (SSSR count). The summed E-state index contributed by atoms with van der Waals surface area (Å²) in [5, 5.41) is 0. The van der Waals surface area contributed by atoms with Crippen molar-refractivity contribution in [3.8, 4) is 16.9 Å². The highest BCUT2D eigenvalue weighted by Crippen LogP contribution is 2.37. The summed E-state index contributed by atoms with van der Waals surface area (Å²) in [7, 11) is 0. The third kappa shape index (κ3) is 5.96. The number of halogens is 5. The normalized spacial score (nSPS) is 18.6. The summed E-state index contributed by atoms with van der Waals surface area (Å²) in [5.41, 5.74) is 2.82. The highest BCUT2D eigenvalue weighted by atomic mass is 19.3. The monoisotopic (exact) mass is 474 g/mol. The van der Waals surface area contributed by atoms with Gasteiger partial charge < -0.3 is 4.74 Å². The summed E-state index contributed by atoms with van der Waals surface area (Å²) in [4.78, 5) is 0. The molecule has 0 heterocycles. The summed E-state index contributed by atoms with van der Waals surface area (Å²) >= 11 is 0. The fourth-order valence-electron chi connectivity index (χ4n) is 4.52. The van der Waals surface area contributed by atoms with Crippen LogP contribution in [0, 0.1) is 23.4 Å². The van der Waals surface area contributed by atoms with Gasteiger partial charge in [0, 0.05) is 11.6 Å². The zero-order valence-corrected chi connectivity index (χ0v) is 19.0. The molecule has 0 radical (unpaired) electrons. The summed E-state index contributed by atoms with van der Waals surface area (Å²) < 4.78 is 73.9. The Morgan fingerprint density at radius 2 is 1.50 bits per heavy atom. The number of aryl methyl sites for hydroxylation is 1. The van der Waals surface area contributed by atoms with Crippen molar-refractivity contribution >= 4 is 0 Å². The highest BCUT2D eigenvalue weighted by Gasteiger charge is 2.31. The molecule has 180 valence electrons. The minimum absolute atomic E-state index is 0.00151. The van der Waals surface area contributed by atoms with Crippen LogP contribution in [0.2, 0.25) is 0 Å². The van der Waals surface area contributed by atoms with E-state index in [1.807, 2.05) is 6.07 Å². The molecule has 0 saturated heterocycles. The second-order valence-corrected chi connectivity index (χ2v) is 9.21. The first-order valence-corrected chi connectivity index (χ1v) is 11.6. The van der Waals surface area contributed by atoms with Gasteiger partial charge in [-0.2, -0.15) is 8.78 Å². The maximum absolute atomic E-state index is 14.9. The number of rotatable bonds is 7. The van der Waals surface area contributed by atoms with Crippen molar-refractivity contribution < 1.29 is 26.7 Å². The molecule has 1 fully saturated rings. The lowest BCUT2D eigenvalue weighted by atomic mass is 9.79. The maximum Gasteiger partial charge on any atom is 0.398 e. The number of hydrogen-bond donors (Lipinski definition) is 0. The minimum atomic E-state index is -3.55. The van der Waals surface area contributed by atoms with E-state index in [4.69, 9.17) is 0 Å². The highest BCUT2D eigenvalue weighted by molar-refractivity contribution is 5.65. The third-order valence-corrected chi connectivity index (χ3v) is 6.61. The molecular formula is C28H27F5O. The van der Waals surface area contributed by atoms with Crippen LogP contribution in [0.1, 0.15) is 56.1 Å². The van der Waals surface area contributed by atoms with Crippen LogP contribution < -0.4 is 4.74 Å². The minimum Gasteiger partial charge on any atom is -0.432 e. The smallest absolute Gasteiger partial charge is 0.398 e. The Labute approximate surface area is 196 Å². The molecule has 34 heavy (non-hydrogen) atoms. The van der Waals surface area contributed by atoms with Crippen molar-refractivity contribution in [3.05, 3.63) is 89.2 Å². The molecule has 0 spiro atoms. The van der Waals surface area contributed by atoms with Crippen LogP contribution in [-0.2, 0) is 6.42 Å². The Bertz CT molecular complexity index is 1120. The summed E-state index contributed by atoms with van der Waals surface area (Å²) in [6, 6.07) is 14.5. The molecule has 0 unspecified atom stereocenters. The molecule has 0 N–H and O–H groups in total. The third-order valence-electron chi connectivity index (χ3n) is 6.61. The quantitative estimate of drug-likeness (QED) is 0.311. The van der Waals surface area contributed by atoms with Crippen molar-refractivity contribution in [3.63, 3.8) is 0 Å². The molecule has 1 aliphatic carbocycles. The van der Waals surface area contributed by atoms with E-state index in [1.165, 1.54) is 12.8 Å². The maximum atomic E-state index is 14.9. The summed E-state index contributed by atoms with van der Waals surface area (Å²) in [5.74, 6) is -1.98. The molecule has 0 aliphatic heterocycles. The van der Waals surface area contributed by atoms with E-state index < -0.39 is 29.9 Å². The Morgan fingerprint density at radius 1 is 0.794 bits per heavy atom. The molecule has 0 atom stereocenters. The molecule has 3 aromatic carbocycles. The van der Waals surface area contributed by atoms with Crippen molar-refractivity contribution in [2.45, 2.75) is 57.5 Å². The van der Waals surface area contributed by atoms with Crippen LogP contribution >= 0.6 is 0 Å². The molecule has 0 aromatic heterocycles. The average molecular weight is 475 g/mol. The van der Waals surface area contributed by atoms with Crippen LogP contribution in [0.3, 0.4) is 0 Å². The Hall–Kier alpha value is -2.89. The van der Waals surface area contributed by atoms with E-state index in [-0.39, 0.29) is 12.2 Å². The largest absolute Gasteiger partial charge is 0.432 e. The van der Waals surface area contributed by atoms with E-state index in [2.05, 4.69) is 11.7 Å². The van der Waals surface area contributed by atoms with Gasteiger partial charge >= 0.3 is 6.11 Å². The zero-order valence-electron chi connectivity index (χ0n) is 19.0. The van der Waals surface area contributed by atoms with Gasteiger partial charge in [0.15, 0.2) is 11.6 Å². The molecule has 1 saturated carbocycles. The zero-order chi connectivity index (χ0) is 24.3. The number of hydrogen-bond acceptors (Lipinski definition) is 1. The van der Waals surface area contributed by atoms with Crippen LogP contribution in [0.25, 0.3) is 11.1 Å². The first-order valence-electron chi connectivity index (χ1n) is 11.6. The topological polar surface area (TPSA) is 9.23 Å². The van der Waals surface area contributed by atoms with Gasteiger partial charge in [0.05, 0.1) is 6.42 Å². The summed E-state index contributed by atoms with van der Waals surface area (Å²) in [6.07, 6.45) is 0.299. The van der Waals surface area contributed by atoms with Gasteiger partial charge in [-0.15, -0.1) is 0 Å². The Morgan fingerprint density at radius 3 is 2.15 bits per heavy atom. The molecule has 0 amide bonds. The lowest BCUT2D eigenvalue weighted by molar-refractivity contribution is -0.180. The van der Waals surface area contributed by atoms with Gasteiger partial charge in [-0.25, -0.2) is 13.2 Å². The Kier molecular flexibility index (Phi) is 7.24. The Balaban J connectivity index is 1.37. The lowest BCUT2D eigenvalue weighted by Gasteiger charge is -2.26. The van der Waals surface area contributed by atoms with Crippen molar-refractivity contribution in [2.24, 2.45) is 5.92 Å². The lowest BCUT2D eigenvalue weighted by Crippen LogP contribution is -2.25. The van der Waals surface area contributed by atoms with E-state index in [0.717, 1.165) is 36.5 Å².